The number of carbonyl (C=O) groups is 1. The second-order valence-electron chi connectivity index (χ2n) is 7.69. The lowest BCUT2D eigenvalue weighted by Crippen LogP contribution is -2.38. The molecule has 1 unspecified atom stereocenters. The number of hydrogen-bond acceptors (Lipinski definition) is 3. The summed E-state index contributed by atoms with van der Waals surface area (Å²) in [5.41, 5.74) is -0.572. The van der Waals surface area contributed by atoms with E-state index in [0.717, 1.165) is 25.7 Å². The van der Waals surface area contributed by atoms with Gasteiger partial charge in [-0.25, -0.2) is 9.78 Å². The molecule has 110 valence electrons. The lowest BCUT2D eigenvalue weighted by atomic mass is 9.66. The predicted octanol–water partition coefficient (Wildman–Crippen LogP) is 3.55. The maximum absolute atomic E-state index is 10.9. The van der Waals surface area contributed by atoms with Crippen LogP contribution >= 0.6 is 0 Å². The Hall–Kier alpha value is -0.610. The quantitative estimate of drug-likeness (QED) is 0.780. The first-order chi connectivity index (χ1) is 8.64. The normalized spacial score (nSPS) is 39.7. The van der Waals surface area contributed by atoms with E-state index in [-0.39, 0.29) is 12.0 Å². The topological polar surface area (TPSA) is 55.8 Å². The Bertz CT molecular complexity index is 350. The van der Waals surface area contributed by atoms with Gasteiger partial charge < -0.3 is 5.11 Å². The molecule has 0 radical (unpaired) electrons. The van der Waals surface area contributed by atoms with E-state index in [1.54, 1.807) is 0 Å². The molecule has 1 N–H and O–H groups in total. The molecule has 2 aliphatic rings. The van der Waals surface area contributed by atoms with E-state index in [4.69, 9.17) is 14.9 Å². The van der Waals surface area contributed by atoms with Gasteiger partial charge in [-0.15, -0.1) is 0 Å². The first kappa shape index (κ1) is 14.8. The molecular formula is C15H26O4. The molecule has 1 atom stereocenters. The van der Waals surface area contributed by atoms with E-state index in [2.05, 4.69) is 20.8 Å². The summed E-state index contributed by atoms with van der Waals surface area (Å²) in [6, 6.07) is 0. The van der Waals surface area contributed by atoms with Crippen LogP contribution < -0.4 is 0 Å². The van der Waals surface area contributed by atoms with Gasteiger partial charge in [0.05, 0.1) is 6.42 Å². The highest BCUT2D eigenvalue weighted by Crippen LogP contribution is 2.50. The van der Waals surface area contributed by atoms with E-state index in [1.165, 1.54) is 0 Å². The monoisotopic (exact) mass is 270 g/mol. The molecule has 0 amide bonds. The fraction of sp³-hybridized carbons (Fsp3) is 0.933. The molecule has 1 spiro atoms. The Labute approximate surface area is 115 Å². The number of carboxylic acids is 1. The number of carboxylic acid groups (broad SMARTS) is 1. The Morgan fingerprint density at radius 3 is 2.32 bits per heavy atom. The van der Waals surface area contributed by atoms with Gasteiger partial charge in [-0.05, 0) is 43.9 Å². The summed E-state index contributed by atoms with van der Waals surface area (Å²) in [6.07, 6.45) is 4.93. The molecule has 4 heteroatoms. The summed E-state index contributed by atoms with van der Waals surface area (Å²) in [7, 11) is 0. The Morgan fingerprint density at radius 1 is 1.26 bits per heavy atom. The second kappa shape index (κ2) is 4.74. The second-order valence-corrected chi connectivity index (χ2v) is 7.69. The molecule has 0 aromatic carbocycles. The van der Waals surface area contributed by atoms with Gasteiger partial charge in [-0.3, -0.25) is 4.79 Å². The highest BCUT2D eigenvalue weighted by Gasteiger charge is 2.52. The average Bonchev–Trinajstić information content (AvgIpc) is 2.54. The van der Waals surface area contributed by atoms with Gasteiger partial charge in [0.2, 0.25) is 0 Å². The van der Waals surface area contributed by atoms with Crippen LogP contribution in [0.15, 0.2) is 0 Å². The van der Waals surface area contributed by atoms with Crippen LogP contribution in [-0.4, -0.2) is 22.3 Å². The largest absolute Gasteiger partial charge is 0.481 e. The minimum absolute atomic E-state index is 0.0114. The van der Waals surface area contributed by atoms with E-state index >= 15 is 0 Å². The van der Waals surface area contributed by atoms with Crippen molar-refractivity contribution < 1.29 is 19.7 Å². The SMILES string of the molecule is CC1(CC(=O)O)CC2(CCC(C(C)(C)C)CC2)OO1. The van der Waals surface area contributed by atoms with E-state index in [1.807, 2.05) is 6.92 Å². The van der Waals surface area contributed by atoms with Crippen LogP contribution in [0.4, 0.5) is 0 Å². The number of rotatable bonds is 2. The Morgan fingerprint density at radius 2 is 1.84 bits per heavy atom. The van der Waals surface area contributed by atoms with Gasteiger partial charge in [0, 0.05) is 6.42 Å². The standard InChI is InChI=1S/C15H26O4/c1-13(2,3)11-5-7-15(8-6-11)10-14(4,18-19-15)9-12(16)17/h11H,5-10H2,1-4H3,(H,16,17). The van der Waals surface area contributed by atoms with Crippen LogP contribution in [0.2, 0.25) is 0 Å². The van der Waals surface area contributed by atoms with Crippen LogP contribution in [0.5, 0.6) is 0 Å². The van der Waals surface area contributed by atoms with Crippen molar-refractivity contribution in [2.75, 3.05) is 0 Å². The van der Waals surface area contributed by atoms with Gasteiger partial charge in [0.1, 0.15) is 11.2 Å². The molecule has 1 saturated carbocycles. The van der Waals surface area contributed by atoms with Crippen molar-refractivity contribution in [2.24, 2.45) is 11.3 Å². The Balaban J connectivity index is 1.96. The maximum atomic E-state index is 10.9. The van der Waals surface area contributed by atoms with Crippen LogP contribution in [0.1, 0.15) is 66.2 Å². The highest BCUT2D eigenvalue weighted by atomic mass is 17.2. The van der Waals surface area contributed by atoms with Crippen LogP contribution in [0.3, 0.4) is 0 Å². The van der Waals surface area contributed by atoms with Crippen molar-refractivity contribution in [3.63, 3.8) is 0 Å². The van der Waals surface area contributed by atoms with Crippen molar-refractivity contribution in [2.45, 2.75) is 77.4 Å². The first-order valence-electron chi connectivity index (χ1n) is 7.23. The third kappa shape index (κ3) is 3.29. The number of aliphatic carboxylic acids is 1. The van der Waals surface area contributed by atoms with Gasteiger partial charge in [-0.1, -0.05) is 20.8 Å². The average molecular weight is 270 g/mol. The van der Waals surface area contributed by atoms with E-state index < -0.39 is 11.6 Å². The molecule has 19 heavy (non-hydrogen) atoms. The van der Waals surface area contributed by atoms with Crippen molar-refractivity contribution >= 4 is 5.97 Å². The molecule has 2 rings (SSSR count). The molecule has 0 aromatic rings. The smallest absolute Gasteiger partial charge is 0.306 e. The fourth-order valence-corrected chi connectivity index (χ4v) is 3.61. The zero-order chi connectivity index (χ0) is 14.3. The summed E-state index contributed by atoms with van der Waals surface area (Å²) in [4.78, 5) is 21.9. The third-order valence-electron chi connectivity index (χ3n) is 4.76. The fourth-order valence-electron chi connectivity index (χ4n) is 3.61. The summed E-state index contributed by atoms with van der Waals surface area (Å²) >= 11 is 0. The van der Waals surface area contributed by atoms with Crippen LogP contribution in [-0.2, 0) is 14.6 Å². The molecule has 2 fully saturated rings. The molecule has 0 aromatic heterocycles. The zero-order valence-electron chi connectivity index (χ0n) is 12.5. The van der Waals surface area contributed by atoms with Crippen molar-refractivity contribution in [3.05, 3.63) is 0 Å². The van der Waals surface area contributed by atoms with Gasteiger partial charge in [0.25, 0.3) is 0 Å². The maximum Gasteiger partial charge on any atom is 0.306 e. The van der Waals surface area contributed by atoms with Crippen molar-refractivity contribution in [1.82, 2.24) is 0 Å². The van der Waals surface area contributed by atoms with Gasteiger partial charge in [0.15, 0.2) is 0 Å². The molecule has 1 heterocycles. The molecule has 0 bridgehead atoms. The zero-order valence-corrected chi connectivity index (χ0v) is 12.5. The molecule has 1 aliphatic heterocycles. The van der Waals surface area contributed by atoms with Crippen LogP contribution in [0, 0.1) is 11.3 Å². The van der Waals surface area contributed by atoms with Crippen LogP contribution in [0.25, 0.3) is 0 Å². The Kier molecular flexibility index (Phi) is 3.69. The molecule has 4 nitrogen and oxygen atoms in total. The predicted molar refractivity (Wildman–Crippen MR) is 71.6 cm³/mol. The summed E-state index contributed by atoms with van der Waals surface area (Å²) in [6.45, 7) is 8.70. The van der Waals surface area contributed by atoms with Gasteiger partial charge in [-0.2, -0.15) is 0 Å². The van der Waals surface area contributed by atoms with Crippen molar-refractivity contribution in [3.8, 4) is 0 Å². The van der Waals surface area contributed by atoms with Gasteiger partial charge >= 0.3 is 5.97 Å². The van der Waals surface area contributed by atoms with E-state index in [0.29, 0.717) is 17.8 Å². The molecule has 1 saturated heterocycles. The lowest BCUT2D eigenvalue weighted by molar-refractivity contribution is -0.352. The number of hydrogen-bond donors (Lipinski definition) is 1. The molecular weight excluding hydrogens is 244 g/mol. The highest BCUT2D eigenvalue weighted by molar-refractivity contribution is 5.68. The summed E-state index contributed by atoms with van der Waals surface area (Å²) in [5, 5.41) is 8.94. The summed E-state index contributed by atoms with van der Waals surface area (Å²) < 4.78 is 0. The lowest BCUT2D eigenvalue weighted by Gasteiger charge is -2.40. The van der Waals surface area contributed by atoms with Crippen molar-refractivity contribution in [1.29, 1.82) is 0 Å². The van der Waals surface area contributed by atoms with E-state index in [9.17, 15) is 4.79 Å². The summed E-state index contributed by atoms with van der Waals surface area (Å²) in [5.74, 6) is -0.111. The minimum atomic E-state index is -0.827. The third-order valence-corrected chi connectivity index (χ3v) is 4.76. The minimum Gasteiger partial charge on any atom is -0.481 e. The molecule has 1 aliphatic carbocycles. The first-order valence-corrected chi connectivity index (χ1v) is 7.23.